The van der Waals surface area contributed by atoms with Gasteiger partial charge in [-0.05, 0) is 67.8 Å². The van der Waals surface area contributed by atoms with E-state index in [-0.39, 0.29) is 24.4 Å². The molecule has 2 aromatic rings. The van der Waals surface area contributed by atoms with E-state index < -0.39 is 6.04 Å². The van der Waals surface area contributed by atoms with Gasteiger partial charge in [-0.25, -0.2) is 0 Å². The zero-order valence-corrected chi connectivity index (χ0v) is 22.5. The zero-order valence-electron chi connectivity index (χ0n) is 19.4. The molecule has 0 heterocycles. The molecule has 0 bridgehead atoms. The number of carbonyl (C=O) groups is 2. The summed E-state index contributed by atoms with van der Waals surface area (Å²) in [6, 6.07) is 12.6. The summed E-state index contributed by atoms with van der Waals surface area (Å²) in [6.45, 7) is 2.14. The number of nitrogens with one attached hydrogen (secondary N) is 1. The molecule has 0 aromatic heterocycles. The van der Waals surface area contributed by atoms with Crippen LogP contribution in [0.2, 0.25) is 15.1 Å². The van der Waals surface area contributed by atoms with Gasteiger partial charge in [-0.15, -0.1) is 11.8 Å². The van der Waals surface area contributed by atoms with Crippen LogP contribution in [0.15, 0.2) is 47.4 Å². The van der Waals surface area contributed by atoms with Crippen LogP contribution in [-0.4, -0.2) is 34.6 Å². The third-order valence-electron chi connectivity index (χ3n) is 6.09. The highest BCUT2D eigenvalue weighted by atomic mass is 35.5. The average molecular weight is 542 g/mol. The molecule has 8 heteroatoms. The summed E-state index contributed by atoms with van der Waals surface area (Å²) in [5.41, 5.74) is 0.668. The van der Waals surface area contributed by atoms with Gasteiger partial charge >= 0.3 is 0 Å². The minimum Gasteiger partial charge on any atom is -0.352 e. The Morgan fingerprint density at radius 2 is 1.71 bits per heavy atom. The fraction of sp³-hybridized carbons (Fsp3) is 0.462. The SMILES string of the molecule is CC[C@H](C(=O)NC1CCCC1)N(Cc1c(Cl)cccc1Cl)C(=O)CCCSc1ccc(Cl)cc1. The van der Waals surface area contributed by atoms with Crippen LogP contribution in [0, 0.1) is 0 Å². The minimum atomic E-state index is -0.565. The minimum absolute atomic E-state index is 0.0684. The fourth-order valence-electron chi connectivity index (χ4n) is 4.23. The highest BCUT2D eigenvalue weighted by Gasteiger charge is 2.31. The number of rotatable bonds is 11. The fourth-order valence-corrected chi connectivity index (χ4v) is 5.72. The summed E-state index contributed by atoms with van der Waals surface area (Å²) in [5.74, 6) is 0.627. The Morgan fingerprint density at radius 3 is 2.32 bits per heavy atom. The normalized spacial score (nSPS) is 14.7. The lowest BCUT2D eigenvalue weighted by Gasteiger charge is -2.32. The van der Waals surface area contributed by atoms with E-state index in [4.69, 9.17) is 34.8 Å². The van der Waals surface area contributed by atoms with E-state index in [0.717, 1.165) is 36.3 Å². The summed E-state index contributed by atoms with van der Waals surface area (Å²) in [7, 11) is 0. The Kier molecular flexibility index (Phi) is 10.9. The third kappa shape index (κ3) is 7.81. The first-order valence-electron chi connectivity index (χ1n) is 11.8. The summed E-state index contributed by atoms with van der Waals surface area (Å²) in [5, 5.41) is 4.85. The van der Waals surface area contributed by atoms with Crippen molar-refractivity contribution >= 4 is 58.4 Å². The molecule has 1 saturated carbocycles. The van der Waals surface area contributed by atoms with Crippen molar-refractivity contribution in [3.8, 4) is 0 Å². The van der Waals surface area contributed by atoms with Crippen LogP contribution >= 0.6 is 46.6 Å². The lowest BCUT2D eigenvalue weighted by atomic mass is 10.1. The summed E-state index contributed by atoms with van der Waals surface area (Å²) >= 11 is 20.5. The molecular weight excluding hydrogens is 511 g/mol. The number of nitrogens with zero attached hydrogens (tertiary/aromatic N) is 1. The van der Waals surface area contributed by atoms with Crippen molar-refractivity contribution in [2.24, 2.45) is 0 Å². The molecule has 4 nitrogen and oxygen atoms in total. The second-order valence-corrected chi connectivity index (χ2v) is 11.0. The topological polar surface area (TPSA) is 49.4 Å². The van der Waals surface area contributed by atoms with Crippen LogP contribution in [0.5, 0.6) is 0 Å². The smallest absolute Gasteiger partial charge is 0.243 e. The molecule has 1 aliphatic carbocycles. The number of halogens is 3. The van der Waals surface area contributed by atoms with Gasteiger partial charge in [0.25, 0.3) is 0 Å². The van der Waals surface area contributed by atoms with Crippen molar-refractivity contribution in [1.29, 1.82) is 0 Å². The van der Waals surface area contributed by atoms with E-state index >= 15 is 0 Å². The van der Waals surface area contributed by atoms with Crippen LogP contribution in [0.3, 0.4) is 0 Å². The van der Waals surface area contributed by atoms with Gasteiger partial charge in [0.05, 0.1) is 0 Å². The first-order chi connectivity index (χ1) is 16.4. The number of carbonyl (C=O) groups excluding carboxylic acids is 2. The molecule has 34 heavy (non-hydrogen) atoms. The Morgan fingerprint density at radius 1 is 1.06 bits per heavy atom. The molecule has 2 aromatic carbocycles. The molecule has 184 valence electrons. The molecule has 0 radical (unpaired) electrons. The maximum Gasteiger partial charge on any atom is 0.243 e. The van der Waals surface area contributed by atoms with Gasteiger partial charge in [0.2, 0.25) is 11.8 Å². The van der Waals surface area contributed by atoms with Crippen LogP contribution < -0.4 is 5.32 Å². The van der Waals surface area contributed by atoms with Gasteiger partial charge in [0, 0.05) is 44.5 Å². The maximum atomic E-state index is 13.4. The quantitative estimate of drug-likeness (QED) is 0.238. The first kappa shape index (κ1) is 27.2. The van der Waals surface area contributed by atoms with Crippen LogP contribution in [0.1, 0.15) is 57.4 Å². The van der Waals surface area contributed by atoms with Gasteiger partial charge in [0.1, 0.15) is 6.04 Å². The highest BCUT2D eigenvalue weighted by molar-refractivity contribution is 7.99. The number of thioether (sulfide) groups is 1. The number of hydrogen-bond donors (Lipinski definition) is 1. The summed E-state index contributed by atoms with van der Waals surface area (Å²) < 4.78 is 0. The van der Waals surface area contributed by atoms with Gasteiger partial charge < -0.3 is 10.2 Å². The van der Waals surface area contributed by atoms with Crippen molar-refractivity contribution in [3.05, 3.63) is 63.1 Å². The molecule has 0 spiro atoms. The predicted octanol–water partition coefficient (Wildman–Crippen LogP) is 7.39. The van der Waals surface area contributed by atoms with Gasteiger partial charge in [-0.1, -0.05) is 60.6 Å². The molecule has 0 saturated heterocycles. The monoisotopic (exact) mass is 540 g/mol. The molecule has 1 atom stereocenters. The predicted molar refractivity (Wildman–Crippen MR) is 143 cm³/mol. The van der Waals surface area contributed by atoms with E-state index in [1.165, 1.54) is 0 Å². The number of amides is 2. The number of benzene rings is 2. The average Bonchev–Trinajstić information content (AvgIpc) is 3.32. The Labute approximate surface area is 221 Å². The van der Waals surface area contributed by atoms with Crippen LogP contribution in [-0.2, 0) is 16.1 Å². The lowest BCUT2D eigenvalue weighted by Crippen LogP contribution is -2.51. The molecule has 1 fully saturated rings. The molecule has 3 rings (SSSR count). The second-order valence-electron chi connectivity index (χ2n) is 8.54. The third-order valence-corrected chi connectivity index (χ3v) is 8.15. The highest BCUT2D eigenvalue weighted by Crippen LogP contribution is 2.28. The summed E-state index contributed by atoms with van der Waals surface area (Å²) in [4.78, 5) is 29.4. The largest absolute Gasteiger partial charge is 0.352 e. The van der Waals surface area contributed by atoms with Crippen molar-refractivity contribution in [1.82, 2.24) is 10.2 Å². The Balaban J connectivity index is 1.69. The summed E-state index contributed by atoms with van der Waals surface area (Å²) in [6.07, 6.45) is 5.81. The second kappa shape index (κ2) is 13.6. The van der Waals surface area contributed by atoms with Crippen molar-refractivity contribution in [2.45, 2.75) is 75.4 Å². The van der Waals surface area contributed by atoms with Gasteiger partial charge in [0.15, 0.2) is 0 Å². The molecule has 0 unspecified atom stereocenters. The van der Waals surface area contributed by atoms with E-state index in [1.54, 1.807) is 34.9 Å². The zero-order chi connectivity index (χ0) is 24.5. The van der Waals surface area contributed by atoms with Crippen molar-refractivity contribution < 1.29 is 9.59 Å². The van der Waals surface area contributed by atoms with Crippen LogP contribution in [0.4, 0.5) is 0 Å². The Hall–Kier alpha value is -1.40. The standard InChI is InChI=1S/C26H31Cl3N2O2S/c1-2-24(26(33)30-19-7-3-4-8-19)31(17-21-22(28)9-5-10-23(21)29)25(32)11-6-16-34-20-14-12-18(27)13-15-20/h5,9-10,12-15,19,24H,2-4,6-8,11,16-17H2,1H3,(H,30,33)/t24-/m1/s1. The molecule has 1 N–H and O–H groups in total. The maximum absolute atomic E-state index is 13.4. The van der Waals surface area contributed by atoms with E-state index in [1.807, 2.05) is 31.2 Å². The van der Waals surface area contributed by atoms with Crippen LogP contribution in [0.25, 0.3) is 0 Å². The van der Waals surface area contributed by atoms with Gasteiger partial charge in [-0.3, -0.25) is 9.59 Å². The van der Waals surface area contributed by atoms with Crippen molar-refractivity contribution in [3.63, 3.8) is 0 Å². The van der Waals surface area contributed by atoms with Crippen molar-refractivity contribution in [2.75, 3.05) is 5.75 Å². The number of hydrogen-bond acceptors (Lipinski definition) is 3. The van der Waals surface area contributed by atoms with E-state index in [0.29, 0.717) is 39.9 Å². The molecule has 1 aliphatic rings. The first-order valence-corrected chi connectivity index (χ1v) is 13.9. The van der Waals surface area contributed by atoms with E-state index in [2.05, 4.69) is 5.32 Å². The van der Waals surface area contributed by atoms with E-state index in [9.17, 15) is 9.59 Å². The molecule has 0 aliphatic heterocycles. The molecule has 2 amide bonds. The van der Waals surface area contributed by atoms with Gasteiger partial charge in [-0.2, -0.15) is 0 Å². The lowest BCUT2D eigenvalue weighted by molar-refractivity contribution is -0.141. The molecular formula is C26H31Cl3N2O2S. The Bertz CT molecular complexity index is 945.